The molecule has 0 aliphatic carbocycles. The molecule has 2 heterocycles. The maximum absolute atomic E-state index is 10.0. The van der Waals surface area contributed by atoms with Crippen LogP contribution in [0.4, 0.5) is 0 Å². The molecule has 0 saturated carbocycles. The third-order valence-electron chi connectivity index (χ3n) is 4.63. The smallest absolute Gasteiger partial charge is 0.139 e. The van der Waals surface area contributed by atoms with E-state index in [1.165, 1.54) is 0 Å². The largest absolute Gasteiger partial charge is 0.394 e. The Morgan fingerprint density at radius 2 is 1.46 bits per heavy atom. The van der Waals surface area contributed by atoms with E-state index in [1.807, 2.05) is 48.5 Å². The first-order chi connectivity index (χ1) is 11.6. The Kier molecular flexibility index (Phi) is 4.29. The van der Waals surface area contributed by atoms with E-state index in [1.54, 1.807) is 0 Å². The fraction of sp³-hybridized carbons (Fsp3) is 0.333. The zero-order chi connectivity index (χ0) is 16.7. The lowest BCUT2D eigenvalue weighted by molar-refractivity contribution is -0.0630. The lowest BCUT2D eigenvalue weighted by atomic mass is 10.0. The molecule has 126 valence electrons. The second-order valence-electron chi connectivity index (χ2n) is 6.23. The van der Waals surface area contributed by atoms with Gasteiger partial charge in [-0.05, 0) is 35.4 Å². The lowest BCUT2D eigenvalue weighted by Gasteiger charge is -2.33. The summed E-state index contributed by atoms with van der Waals surface area (Å²) in [6.45, 7) is 0.761. The van der Waals surface area contributed by atoms with Crippen LogP contribution in [0, 0.1) is 0 Å². The molecule has 4 nitrogen and oxygen atoms in total. The fourth-order valence-electron chi connectivity index (χ4n) is 3.45. The number of rotatable bonds is 3. The van der Waals surface area contributed by atoms with Gasteiger partial charge in [0, 0.05) is 10.0 Å². The van der Waals surface area contributed by atoms with Gasteiger partial charge in [0.2, 0.25) is 0 Å². The molecule has 4 rings (SSSR count). The first-order valence-electron chi connectivity index (χ1n) is 7.76. The normalized spacial score (nSPS) is 29.8. The van der Waals surface area contributed by atoms with Crippen molar-refractivity contribution in [2.24, 2.45) is 0 Å². The van der Waals surface area contributed by atoms with E-state index in [0.717, 1.165) is 11.1 Å². The van der Waals surface area contributed by atoms with Gasteiger partial charge < -0.3 is 14.6 Å². The van der Waals surface area contributed by atoms with E-state index in [9.17, 15) is 5.11 Å². The van der Waals surface area contributed by atoms with Crippen molar-refractivity contribution in [2.45, 2.75) is 18.0 Å². The Hall–Kier alpha value is -1.14. The van der Waals surface area contributed by atoms with E-state index in [2.05, 4.69) is 4.90 Å². The van der Waals surface area contributed by atoms with E-state index < -0.39 is 5.54 Å². The topological polar surface area (TPSA) is 41.9 Å². The van der Waals surface area contributed by atoms with Crippen LogP contribution in [0.25, 0.3) is 0 Å². The summed E-state index contributed by atoms with van der Waals surface area (Å²) in [5.74, 6) is 0. The SMILES string of the molecule is OC[C@]12CO[C@H](c3cccc(Cl)c3)N1[C@H](c1cccc(Cl)c1)OC2. The molecular formula is C18H17Cl2NO3. The third-order valence-corrected chi connectivity index (χ3v) is 5.10. The average molecular weight is 366 g/mol. The molecule has 2 aromatic rings. The second-order valence-corrected chi connectivity index (χ2v) is 7.10. The van der Waals surface area contributed by atoms with Gasteiger partial charge in [-0.15, -0.1) is 0 Å². The summed E-state index contributed by atoms with van der Waals surface area (Å²) in [6.07, 6.45) is -0.662. The minimum atomic E-state index is -0.556. The van der Waals surface area contributed by atoms with Crippen LogP contribution in [-0.4, -0.2) is 35.4 Å². The zero-order valence-corrected chi connectivity index (χ0v) is 14.4. The van der Waals surface area contributed by atoms with Gasteiger partial charge in [-0.2, -0.15) is 0 Å². The maximum atomic E-state index is 10.0. The van der Waals surface area contributed by atoms with Crippen molar-refractivity contribution in [2.75, 3.05) is 19.8 Å². The molecule has 2 aliphatic heterocycles. The lowest BCUT2D eigenvalue weighted by Crippen LogP contribution is -2.47. The number of fused-ring (bicyclic) bond motifs is 1. The van der Waals surface area contributed by atoms with E-state index in [4.69, 9.17) is 32.7 Å². The predicted octanol–water partition coefficient (Wildman–Crippen LogP) is 3.78. The van der Waals surface area contributed by atoms with E-state index in [0.29, 0.717) is 23.3 Å². The molecule has 2 saturated heterocycles. The molecule has 0 radical (unpaired) electrons. The number of hydrogen-bond acceptors (Lipinski definition) is 4. The van der Waals surface area contributed by atoms with Crippen molar-refractivity contribution in [3.05, 3.63) is 69.7 Å². The molecule has 3 atom stereocenters. The summed E-state index contributed by atoms with van der Waals surface area (Å²) >= 11 is 12.3. The van der Waals surface area contributed by atoms with Gasteiger partial charge in [-0.1, -0.05) is 47.5 Å². The Morgan fingerprint density at radius 3 is 1.88 bits per heavy atom. The third kappa shape index (κ3) is 2.64. The van der Waals surface area contributed by atoms with Crippen molar-refractivity contribution in [1.82, 2.24) is 4.90 Å². The fourth-order valence-corrected chi connectivity index (χ4v) is 3.84. The number of halogens is 2. The van der Waals surface area contributed by atoms with Gasteiger partial charge in [-0.3, -0.25) is 0 Å². The summed E-state index contributed by atoms with van der Waals surface area (Å²) in [7, 11) is 0. The van der Waals surface area contributed by atoms with Crippen molar-refractivity contribution < 1.29 is 14.6 Å². The minimum absolute atomic E-state index is 0.0405. The molecule has 0 spiro atoms. The zero-order valence-electron chi connectivity index (χ0n) is 12.9. The first kappa shape index (κ1) is 16.3. The molecule has 0 bridgehead atoms. The summed E-state index contributed by atoms with van der Waals surface area (Å²) in [5.41, 5.74) is 1.32. The number of nitrogens with zero attached hydrogens (tertiary/aromatic N) is 1. The molecular weight excluding hydrogens is 349 g/mol. The maximum Gasteiger partial charge on any atom is 0.139 e. The first-order valence-corrected chi connectivity index (χ1v) is 8.52. The number of hydrogen-bond donors (Lipinski definition) is 1. The number of aliphatic hydroxyl groups excluding tert-OH is 1. The van der Waals surface area contributed by atoms with Gasteiger partial charge in [0.05, 0.1) is 25.4 Å². The molecule has 2 fully saturated rings. The van der Waals surface area contributed by atoms with Crippen LogP contribution in [-0.2, 0) is 9.47 Å². The van der Waals surface area contributed by atoms with Crippen LogP contribution in [0.3, 0.4) is 0 Å². The Bertz CT molecular complexity index is 697. The molecule has 24 heavy (non-hydrogen) atoms. The second kappa shape index (κ2) is 6.30. The van der Waals surface area contributed by atoms with Crippen molar-refractivity contribution >= 4 is 23.2 Å². The van der Waals surface area contributed by atoms with Gasteiger partial charge in [-0.25, -0.2) is 4.90 Å². The summed E-state index contributed by atoms with van der Waals surface area (Å²) in [6, 6.07) is 15.1. The highest BCUT2D eigenvalue weighted by molar-refractivity contribution is 6.30. The van der Waals surface area contributed by atoms with Gasteiger partial charge in [0.25, 0.3) is 0 Å². The van der Waals surface area contributed by atoms with E-state index >= 15 is 0 Å². The standard InChI is InChI=1S/C18H17Cl2NO3/c19-14-5-1-3-12(7-14)16-21-17(13-4-2-6-15(20)8-13)24-11-18(21,9-22)10-23-16/h1-8,16-17,22H,9-11H2/t16-,17+,18-. The average Bonchev–Trinajstić information content (AvgIpc) is 3.12. The van der Waals surface area contributed by atoms with E-state index in [-0.39, 0.29) is 19.1 Å². The van der Waals surface area contributed by atoms with Crippen LogP contribution < -0.4 is 0 Å². The summed E-state index contributed by atoms with van der Waals surface area (Å²) in [4.78, 5) is 2.09. The van der Waals surface area contributed by atoms with Crippen LogP contribution in [0.15, 0.2) is 48.5 Å². The molecule has 1 N–H and O–H groups in total. The Labute approximate surface area is 150 Å². The van der Waals surface area contributed by atoms with Crippen LogP contribution in [0.2, 0.25) is 10.0 Å². The number of ether oxygens (including phenoxy) is 2. The molecule has 2 aromatic carbocycles. The van der Waals surface area contributed by atoms with Gasteiger partial charge in [0.15, 0.2) is 0 Å². The van der Waals surface area contributed by atoms with Crippen LogP contribution in [0.1, 0.15) is 23.6 Å². The summed E-state index contributed by atoms with van der Waals surface area (Å²) < 4.78 is 12.1. The monoisotopic (exact) mass is 365 g/mol. The minimum Gasteiger partial charge on any atom is -0.394 e. The molecule has 0 unspecified atom stereocenters. The highest BCUT2D eigenvalue weighted by Crippen LogP contribution is 2.49. The van der Waals surface area contributed by atoms with Crippen molar-refractivity contribution in [1.29, 1.82) is 0 Å². The Balaban J connectivity index is 1.75. The van der Waals surface area contributed by atoms with Crippen LogP contribution in [0.5, 0.6) is 0 Å². The van der Waals surface area contributed by atoms with Crippen molar-refractivity contribution in [3.8, 4) is 0 Å². The summed E-state index contributed by atoms with van der Waals surface area (Å²) in [5, 5.41) is 11.3. The number of aliphatic hydroxyl groups is 1. The molecule has 0 aromatic heterocycles. The highest BCUT2D eigenvalue weighted by Gasteiger charge is 2.56. The van der Waals surface area contributed by atoms with Crippen LogP contribution >= 0.6 is 23.2 Å². The molecule has 2 aliphatic rings. The van der Waals surface area contributed by atoms with Gasteiger partial charge in [0.1, 0.15) is 12.5 Å². The van der Waals surface area contributed by atoms with Gasteiger partial charge >= 0.3 is 0 Å². The quantitative estimate of drug-likeness (QED) is 0.898. The van der Waals surface area contributed by atoms with Crippen molar-refractivity contribution in [3.63, 3.8) is 0 Å². The Morgan fingerprint density at radius 1 is 0.958 bits per heavy atom. The number of benzene rings is 2. The highest BCUT2D eigenvalue weighted by atomic mass is 35.5. The predicted molar refractivity (Wildman–Crippen MR) is 91.9 cm³/mol. The molecule has 6 heteroatoms. The molecule has 0 amide bonds.